The largest absolute Gasteiger partial charge is 0.306 e. The third kappa shape index (κ3) is 12.0. The van der Waals surface area contributed by atoms with Gasteiger partial charge in [0.05, 0.1) is 16.1 Å². The molecule has 1 aromatic heterocycles. The number of aromatic nitrogens is 1. The van der Waals surface area contributed by atoms with E-state index in [0.29, 0.717) is 16.3 Å². The number of aldehydes is 1. The van der Waals surface area contributed by atoms with Crippen molar-refractivity contribution in [1.82, 2.24) is 9.88 Å². The zero-order valence-corrected chi connectivity index (χ0v) is 23.0. The predicted molar refractivity (Wildman–Crippen MR) is 146 cm³/mol. The monoisotopic (exact) mass is 537 g/mol. The highest BCUT2D eigenvalue weighted by atomic mass is 35.5. The number of carbonyl (C=O) groups is 1. The average molecular weight is 539 g/mol. The molecule has 0 aliphatic carbocycles. The number of halogens is 3. The van der Waals surface area contributed by atoms with E-state index in [4.69, 9.17) is 40.1 Å². The molecule has 0 spiro atoms. The molecule has 182 valence electrons. The SMILES string of the molecule is CC1CCN(C)C1.CCc1cc(Cl)ccc1Cl.Cc1ccc(C#N)c(Cl)c1.O=Cc1cscn1. The number of rotatable bonds is 2. The number of thiazole rings is 1. The van der Waals surface area contributed by atoms with Crippen LogP contribution in [-0.4, -0.2) is 36.3 Å². The number of carbonyl (C=O) groups excluding carboxylic acids is 1. The minimum atomic E-state index is 0.519. The van der Waals surface area contributed by atoms with Gasteiger partial charge in [0, 0.05) is 22.0 Å². The van der Waals surface area contributed by atoms with E-state index in [0.717, 1.165) is 39.8 Å². The summed E-state index contributed by atoms with van der Waals surface area (Å²) in [6.07, 6.45) is 3.06. The van der Waals surface area contributed by atoms with E-state index in [9.17, 15) is 4.79 Å². The second-order valence-electron chi connectivity index (χ2n) is 7.87. The lowest BCUT2D eigenvalue weighted by atomic mass is 10.2. The lowest BCUT2D eigenvalue weighted by Gasteiger charge is -2.03. The van der Waals surface area contributed by atoms with Crippen molar-refractivity contribution in [1.29, 1.82) is 5.26 Å². The van der Waals surface area contributed by atoms with Crippen LogP contribution in [0, 0.1) is 24.2 Å². The molecule has 4 rings (SSSR count). The van der Waals surface area contributed by atoms with Gasteiger partial charge in [-0.15, -0.1) is 11.3 Å². The van der Waals surface area contributed by atoms with Crippen molar-refractivity contribution in [3.05, 3.63) is 84.7 Å². The zero-order chi connectivity index (χ0) is 25.5. The van der Waals surface area contributed by atoms with Gasteiger partial charge in [0.1, 0.15) is 11.8 Å². The maximum Gasteiger partial charge on any atom is 0.169 e. The maximum absolute atomic E-state index is 9.81. The number of hydrogen-bond acceptors (Lipinski definition) is 5. The summed E-state index contributed by atoms with van der Waals surface area (Å²) in [6.45, 7) is 8.91. The summed E-state index contributed by atoms with van der Waals surface area (Å²) >= 11 is 18.7. The van der Waals surface area contributed by atoms with E-state index in [1.807, 2.05) is 31.2 Å². The van der Waals surface area contributed by atoms with Gasteiger partial charge >= 0.3 is 0 Å². The van der Waals surface area contributed by atoms with Gasteiger partial charge in [0.25, 0.3) is 0 Å². The lowest BCUT2D eigenvalue weighted by Crippen LogP contribution is -2.12. The Balaban J connectivity index is 0.000000230. The van der Waals surface area contributed by atoms with Crippen LogP contribution in [-0.2, 0) is 6.42 Å². The van der Waals surface area contributed by atoms with Crippen LogP contribution in [0.5, 0.6) is 0 Å². The van der Waals surface area contributed by atoms with Crippen molar-refractivity contribution in [2.24, 2.45) is 5.92 Å². The first kappa shape index (κ1) is 30.1. The fourth-order valence-electron chi connectivity index (χ4n) is 2.96. The van der Waals surface area contributed by atoms with Crippen LogP contribution in [0.1, 0.15) is 47.4 Å². The molecule has 4 nitrogen and oxygen atoms in total. The molecule has 1 aliphatic rings. The molecule has 1 fully saturated rings. The van der Waals surface area contributed by atoms with E-state index in [1.165, 1.54) is 30.8 Å². The van der Waals surface area contributed by atoms with Crippen molar-refractivity contribution >= 4 is 52.4 Å². The fourth-order valence-corrected chi connectivity index (χ4v) is 4.18. The third-order valence-corrected chi connectivity index (χ3v) is 6.35. The smallest absolute Gasteiger partial charge is 0.169 e. The van der Waals surface area contributed by atoms with Gasteiger partial charge in [-0.2, -0.15) is 5.26 Å². The molecule has 1 atom stereocenters. The van der Waals surface area contributed by atoms with Crippen LogP contribution in [0.3, 0.4) is 0 Å². The summed E-state index contributed by atoms with van der Waals surface area (Å²) < 4.78 is 0. The number of benzene rings is 2. The van der Waals surface area contributed by atoms with Crippen LogP contribution < -0.4 is 0 Å². The van der Waals surface area contributed by atoms with Gasteiger partial charge in [-0.1, -0.05) is 54.7 Å². The Bertz CT molecular complexity index is 1030. The minimum absolute atomic E-state index is 0.519. The highest BCUT2D eigenvalue weighted by molar-refractivity contribution is 7.07. The van der Waals surface area contributed by atoms with Gasteiger partial charge in [-0.3, -0.25) is 4.79 Å². The molecule has 1 aliphatic heterocycles. The van der Waals surface area contributed by atoms with Crippen molar-refractivity contribution in [3.63, 3.8) is 0 Å². The van der Waals surface area contributed by atoms with Gasteiger partial charge in [0.2, 0.25) is 0 Å². The molecule has 0 saturated carbocycles. The van der Waals surface area contributed by atoms with E-state index in [2.05, 4.69) is 30.8 Å². The summed E-state index contributed by atoms with van der Waals surface area (Å²) in [5.74, 6) is 0.949. The predicted octanol–water partition coefficient (Wildman–Crippen LogP) is 7.99. The van der Waals surface area contributed by atoms with Crippen molar-refractivity contribution in [3.8, 4) is 6.07 Å². The quantitative estimate of drug-likeness (QED) is 0.310. The number of nitrogens with zero attached hydrogens (tertiary/aromatic N) is 3. The molecule has 0 amide bonds. The van der Waals surface area contributed by atoms with Gasteiger partial charge in [-0.05, 0) is 80.7 Å². The Morgan fingerprint density at radius 3 is 2.32 bits per heavy atom. The van der Waals surface area contributed by atoms with E-state index >= 15 is 0 Å². The van der Waals surface area contributed by atoms with Crippen LogP contribution in [0.2, 0.25) is 15.1 Å². The Morgan fingerprint density at radius 2 is 1.94 bits per heavy atom. The summed E-state index contributed by atoms with van der Waals surface area (Å²) in [5, 5.41) is 12.3. The fraction of sp³-hybridized carbons (Fsp3) is 0.346. The normalized spacial score (nSPS) is 14.4. The lowest BCUT2D eigenvalue weighted by molar-refractivity contribution is 0.111. The Morgan fingerprint density at radius 1 is 1.21 bits per heavy atom. The number of hydrogen-bond donors (Lipinski definition) is 0. The summed E-state index contributed by atoms with van der Waals surface area (Å²) in [5.41, 5.74) is 4.86. The van der Waals surface area contributed by atoms with Crippen molar-refractivity contribution < 1.29 is 4.79 Å². The first-order chi connectivity index (χ1) is 16.2. The molecule has 3 aromatic rings. The molecule has 8 heteroatoms. The second-order valence-corrected chi connectivity index (χ2v) is 9.84. The molecule has 2 heterocycles. The zero-order valence-electron chi connectivity index (χ0n) is 19.9. The molecule has 0 bridgehead atoms. The summed E-state index contributed by atoms with van der Waals surface area (Å²) in [7, 11) is 2.18. The second kappa shape index (κ2) is 16.6. The summed E-state index contributed by atoms with van der Waals surface area (Å²) in [6, 6.07) is 12.9. The highest BCUT2D eigenvalue weighted by Crippen LogP contribution is 2.20. The molecule has 2 aromatic carbocycles. The van der Waals surface area contributed by atoms with Crippen LogP contribution >= 0.6 is 46.1 Å². The van der Waals surface area contributed by atoms with E-state index in [1.54, 1.807) is 29.1 Å². The number of aryl methyl sites for hydroxylation is 2. The molecule has 34 heavy (non-hydrogen) atoms. The molecule has 1 unspecified atom stereocenters. The Kier molecular flexibility index (Phi) is 14.7. The minimum Gasteiger partial charge on any atom is -0.306 e. The van der Waals surface area contributed by atoms with Crippen molar-refractivity contribution in [2.75, 3.05) is 20.1 Å². The number of likely N-dealkylation sites (tertiary alicyclic amines) is 1. The standard InChI is InChI=1S/C8H8Cl2.C8H6ClN.C6H13N.C4H3NOS/c1-2-6-5-7(9)3-4-8(6)10;1-6-2-3-7(5-10)8(9)4-6;1-6-3-4-7(2)5-6;6-1-4-2-7-3-5-4/h3-5H,2H2,1H3;2-4H,1H3;6H,3-5H2,1-2H3;1-3H. The van der Waals surface area contributed by atoms with Crippen molar-refractivity contribution in [2.45, 2.75) is 33.6 Å². The first-order valence-corrected chi connectivity index (χ1v) is 12.9. The van der Waals surface area contributed by atoms with E-state index in [-0.39, 0.29) is 0 Å². The topological polar surface area (TPSA) is 57.0 Å². The Labute approximate surface area is 222 Å². The molecule has 0 radical (unpaired) electrons. The Hall–Kier alpha value is -1.94. The summed E-state index contributed by atoms with van der Waals surface area (Å²) in [4.78, 5) is 15.9. The van der Waals surface area contributed by atoms with Gasteiger partial charge in [0.15, 0.2) is 6.29 Å². The molecular weight excluding hydrogens is 509 g/mol. The van der Waals surface area contributed by atoms with Crippen LogP contribution in [0.15, 0.2) is 47.3 Å². The van der Waals surface area contributed by atoms with Crippen LogP contribution in [0.25, 0.3) is 0 Å². The molecular formula is C26H30Cl3N3OS. The number of nitriles is 1. The van der Waals surface area contributed by atoms with Gasteiger partial charge < -0.3 is 4.90 Å². The van der Waals surface area contributed by atoms with Crippen LogP contribution in [0.4, 0.5) is 0 Å². The molecule has 1 saturated heterocycles. The highest BCUT2D eigenvalue weighted by Gasteiger charge is 2.13. The maximum atomic E-state index is 9.81. The van der Waals surface area contributed by atoms with E-state index < -0.39 is 0 Å². The molecule has 0 N–H and O–H groups in total. The van der Waals surface area contributed by atoms with Gasteiger partial charge in [-0.25, -0.2) is 4.98 Å². The first-order valence-electron chi connectivity index (χ1n) is 10.8. The average Bonchev–Trinajstić information content (AvgIpc) is 3.48. The third-order valence-electron chi connectivity index (χ3n) is 4.83.